The second-order valence-corrected chi connectivity index (χ2v) is 7.90. The van der Waals surface area contributed by atoms with E-state index in [-0.39, 0.29) is 17.9 Å². The first-order valence-electron chi connectivity index (χ1n) is 10.1. The predicted molar refractivity (Wildman–Crippen MR) is 111 cm³/mol. The molecule has 7 heteroatoms. The molecule has 1 saturated heterocycles. The summed E-state index contributed by atoms with van der Waals surface area (Å²) in [6.45, 7) is 6.26. The molecule has 3 aliphatic heterocycles. The summed E-state index contributed by atoms with van der Waals surface area (Å²) in [5.74, 6) is 0.605. The van der Waals surface area contributed by atoms with Crippen LogP contribution in [0.4, 0.5) is 14.9 Å². The van der Waals surface area contributed by atoms with E-state index >= 15 is 0 Å². The molecule has 0 spiro atoms. The number of rotatable bonds is 4. The molecule has 5 rings (SSSR count). The number of fused-ring (bicyclic) bond motifs is 3. The van der Waals surface area contributed by atoms with Crippen LogP contribution in [-0.2, 0) is 6.54 Å². The highest BCUT2D eigenvalue weighted by Gasteiger charge is 2.36. The van der Waals surface area contributed by atoms with E-state index in [1.807, 2.05) is 36.4 Å². The van der Waals surface area contributed by atoms with Crippen molar-refractivity contribution in [3.05, 3.63) is 65.5 Å². The highest BCUT2D eigenvalue weighted by molar-refractivity contribution is 6.19. The molecule has 150 valence electrons. The third-order valence-corrected chi connectivity index (χ3v) is 5.86. The minimum Gasteiger partial charge on any atom is -0.307 e. The van der Waals surface area contributed by atoms with Crippen LogP contribution in [0.5, 0.6) is 0 Å². The number of nitrogens with one attached hydrogen (secondary N) is 1. The van der Waals surface area contributed by atoms with Gasteiger partial charge in [0.05, 0.1) is 18.3 Å². The van der Waals surface area contributed by atoms with Crippen molar-refractivity contribution < 1.29 is 9.18 Å². The van der Waals surface area contributed by atoms with Crippen molar-refractivity contribution in [3.63, 3.8) is 0 Å². The second-order valence-electron chi connectivity index (χ2n) is 7.90. The lowest BCUT2D eigenvalue weighted by Gasteiger charge is -2.35. The van der Waals surface area contributed by atoms with E-state index in [1.165, 1.54) is 12.1 Å². The van der Waals surface area contributed by atoms with E-state index in [1.54, 1.807) is 4.90 Å². The molecule has 0 aromatic heterocycles. The summed E-state index contributed by atoms with van der Waals surface area (Å²) in [5, 5.41) is 2.95. The number of carbonyl (C=O) groups excluding carboxylic acids is 1. The van der Waals surface area contributed by atoms with Crippen LogP contribution < -0.4 is 5.32 Å². The number of nitrogens with zero attached hydrogens (tertiary/aromatic N) is 4. The van der Waals surface area contributed by atoms with Gasteiger partial charge in [-0.2, -0.15) is 0 Å². The second kappa shape index (κ2) is 7.57. The molecule has 0 saturated carbocycles. The minimum absolute atomic E-state index is 0.0888. The lowest BCUT2D eigenvalue weighted by molar-refractivity contribution is 0.122. The molecule has 0 bridgehead atoms. The number of para-hydroxylation sites is 1. The van der Waals surface area contributed by atoms with Crippen LogP contribution in [0.25, 0.3) is 0 Å². The maximum absolute atomic E-state index is 13.1. The fourth-order valence-electron chi connectivity index (χ4n) is 4.32. The number of urea groups is 1. The molecule has 2 aromatic rings. The van der Waals surface area contributed by atoms with Crippen molar-refractivity contribution in [3.8, 4) is 0 Å². The van der Waals surface area contributed by atoms with Gasteiger partial charge in [0.1, 0.15) is 11.7 Å². The summed E-state index contributed by atoms with van der Waals surface area (Å²) in [4.78, 5) is 23.9. The quantitative estimate of drug-likeness (QED) is 0.869. The first-order chi connectivity index (χ1) is 14.2. The van der Waals surface area contributed by atoms with E-state index in [0.717, 1.165) is 61.9 Å². The average molecular weight is 393 g/mol. The SMILES string of the molecule is O=C1Nc2ccccc2C2=NC(CN3CCN(Cc4ccc(F)cc4)CC3)CN12. The molecule has 3 heterocycles. The van der Waals surface area contributed by atoms with Crippen molar-refractivity contribution in [2.45, 2.75) is 12.6 Å². The van der Waals surface area contributed by atoms with Gasteiger partial charge in [0.25, 0.3) is 0 Å². The van der Waals surface area contributed by atoms with Gasteiger partial charge in [-0.15, -0.1) is 0 Å². The number of amides is 2. The van der Waals surface area contributed by atoms with Crippen molar-refractivity contribution in [2.24, 2.45) is 4.99 Å². The molecule has 6 nitrogen and oxygen atoms in total. The topological polar surface area (TPSA) is 51.2 Å². The largest absolute Gasteiger partial charge is 0.327 e. The lowest BCUT2D eigenvalue weighted by Crippen LogP contribution is -2.49. The van der Waals surface area contributed by atoms with Crippen molar-refractivity contribution in [2.75, 3.05) is 44.6 Å². The predicted octanol–water partition coefficient (Wildman–Crippen LogP) is 2.62. The third-order valence-electron chi connectivity index (χ3n) is 5.86. The number of hydrogen-bond acceptors (Lipinski definition) is 4. The molecule has 29 heavy (non-hydrogen) atoms. The number of benzene rings is 2. The number of hydrogen-bond donors (Lipinski definition) is 1. The number of amidine groups is 1. The zero-order chi connectivity index (χ0) is 19.8. The Kier molecular flexibility index (Phi) is 4.77. The van der Waals surface area contributed by atoms with Crippen LogP contribution in [0.1, 0.15) is 11.1 Å². The number of halogens is 1. The third kappa shape index (κ3) is 3.75. The molecule has 1 N–H and O–H groups in total. The summed E-state index contributed by atoms with van der Waals surface area (Å²) in [7, 11) is 0. The summed E-state index contributed by atoms with van der Waals surface area (Å²) >= 11 is 0. The Labute approximate surface area is 169 Å². The van der Waals surface area contributed by atoms with Gasteiger partial charge in [-0.1, -0.05) is 24.3 Å². The smallest absolute Gasteiger partial charge is 0.307 e. The van der Waals surface area contributed by atoms with Gasteiger partial charge >= 0.3 is 6.03 Å². The Balaban J connectivity index is 1.18. The fraction of sp³-hybridized carbons (Fsp3) is 0.364. The Morgan fingerprint density at radius 3 is 2.52 bits per heavy atom. The maximum atomic E-state index is 13.1. The van der Waals surface area contributed by atoms with E-state index in [4.69, 9.17) is 4.99 Å². The molecular formula is C22H24FN5O. The van der Waals surface area contributed by atoms with E-state index in [9.17, 15) is 9.18 Å². The van der Waals surface area contributed by atoms with Gasteiger partial charge in [-0.3, -0.25) is 19.7 Å². The zero-order valence-corrected chi connectivity index (χ0v) is 16.2. The minimum atomic E-state index is -0.190. The van der Waals surface area contributed by atoms with Gasteiger partial charge in [-0.05, 0) is 29.8 Å². The molecule has 0 radical (unpaired) electrons. The van der Waals surface area contributed by atoms with Crippen LogP contribution in [-0.4, -0.2) is 71.9 Å². The lowest BCUT2D eigenvalue weighted by atomic mass is 10.1. The zero-order valence-electron chi connectivity index (χ0n) is 16.2. The number of piperazine rings is 1. The van der Waals surface area contributed by atoms with Crippen LogP contribution in [0.15, 0.2) is 53.5 Å². The molecular weight excluding hydrogens is 369 g/mol. The standard InChI is InChI=1S/C22H24FN5O/c23-17-7-5-16(6-8-17)13-26-9-11-27(12-10-26)14-18-15-28-21(24-18)19-3-1-2-4-20(19)25-22(28)29/h1-8,18H,9-15H2,(H,25,29). The van der Waals surface area contributed by atoms with Gasteiger partial charge in [0, 0.05) is 44.8 Å². The number of carbonyl (C=O) groups is 1. The summed E-state index contributed by atoms with van der Waals surface area (Å²) < 4.78 is 13.1. The Morgan fingerprint density at radius 2 is 1.72 bits per heavy atom. The first-order valence-corrected chi connectivity index (χ1v) is 10.1. The van der Waals surface area contributed by atoms with Gasteiger partial charge in [0.2, 0.25) is 0 Å². The molecule has 0 aliphatic carbocycles. The van der Waals surface area contributed by atoms with Crippen molar-refractivity contribution in [1.29, 1.82) is 0 Å². The Morgan fingerprint density at radius 1 is 1.00 bits per heavy atom. The van der Waals surface area contributed by atoms with Gasteiger partial charge < -0.3 is 5.32 Å². The molecule has 1 atom stereocenters. The number of aliphatic imine (C=N–C) groups is 1. The fourth-order valence-corrected chi connectivity index (χ4v) is 4.32. The highest BCUT2D eigenvalue weighted by Crippen LogP contribution is 2.27. The normalized spacial score (nSPS) is 22.1. The molecule has 2 aromatic carbocycles. The van der Waals surface area contributed by atoms with E-state index < -0.39 is 0 Å². The summed E-state index contributed by atoms with van der Waals surface area (Å²) in [6, 6.07) is 14.6. The summed E-state index contributed by atoms with van der Waals surface area (Å²) in [6.07, 6.45) is 0. The van der Waals surface area contributed by atoms with Crippen molar-refractivity contribution >= 4 is 17.6 Å². The maximum Gasteiger partial charge on any atom is 0.327 e. The van der Waals surface area contributed by atoms with Crippen molar-refractivity contribution in [1.82, 2.24) is 14.7 Å². The molecule has 2 amide bonds. The van der Waals surface area contributed by atoms with E-state index in [0.29, 0.717) is 6.54 Å². The Bertz CT molecular complexity index is 936. The van der Waals surface area contributed by atoms with Crippen LogP contribution in [0.3, 0.4) is 0 Å². The van der Waals surface area contributed by atoms with Gasteiger partial charge in [0.15, 0.2) is 0 Å². The summed E-state index contributed by atoms with van der Waals surface area (Å²) in [5.41, 5.74) is 2.98. The van der Waals surface area contributed by atoms with E-state index in [2.05, 4.69) is 15.1 Å². The van der Waals surface area contributed by atoms with Gasteiger partial charge in [-0.25, -0.2) is 9.18 Å². The Hall–Kier alpha value is -2.77. The van der Waals surface area contributed by atoms with Crippen LogP contribution >= 0.6 is 0 Å². The first kappa shape index (κ1) is 18.3. The monoisotopic (exact) mass is 393 g/mol. The average Bonchev–Trinajstić information content (AvgIpc) is 3.16. The van der Waals surface area contributed by atoms with Crippen LogP contribution in [0.2, 0.25) is 0 Å². The molecule has 1 unspecified atom stereocenters. The highest BCUT2D eigenvalue weighted by atomic mass is 19.1. The number of anilines is 1. The molecule has 3 aliphatic rings. The van der Waals surface area contributed by atoms with Crippen LogP contribution in [0, 0.1) is 5.82 Å². The molecule has 1 fully saturated rings.